The van der Waals surface area contributed by atoms with Gasteiger partial charge in [0.25, 0.3) is 0 Å². The van der Waals surface area contributed by atoms with Crippen molar-refractivity contribution in [1.82, 2.24) is 0 Å². The molecule has 6 heteroatoms. The number of rotatable bonds is 2. The quantitative estimate of drug-likeness (QED) is 0.828. The van der Waals surface area contributed by atoms with E-state index in [0.29, 0.717) is 17.2 Å². The van der Waals surface area contributed by atoms with Crippen molar-refractivity contribution < 1.29 is 18.0 Å². The van der Waals surface area contributed by atoms with Gasteiger partial charge in [-0.3, -0.25) is 9.79 Å². The molecule has 1 aliphatic heterocycles. The van der Waals surface area contributed by atoms with Crippen LogP contribution in [0, 0.1) is 0 Å². The molecule has 1 unspecified atom stereocenters. The monoisotopic (exact) mass is 273 g/mol. The van der Waals surface area contributed by atoms with E-state index in [9.17, 15) is 18.0 Å². The SMILES string of the molecule is CC(=O)C1CN=C(c2ccc(C(F)(F)F)cc2)S1. The van der Waals surface area contributed by atoms with Crippen LogP contribution in [-0.2, 0) is 11.0 Å². The second-order valence-corrected chi connectivity index (χ2v) is 5.13. The van der Waals surface area contributed by atoms with Gasteiger partial charge in [0.15, 0.2) is 0 Å². The Morgan fingerprint density at radius 3 is 2.39 bits per heavy atom. The molecule has 96 valence electrons. The predicted molar refractivity (Wildman–Crippen MR) is 64.9 cm³/mol. The number of thioether (sulfide) groups is 1. The van der Waals surface area contributed by atoms with Crippen molar-refractivity contribution in [3.05, 3.63) is 35.4 Å². The first-order valence-electron chi connectivity index (χ1n) is 5.27. The zero-order valence-corrected chi connectivity index (χ0v) is 10.3. The van der Waals surface area contributed by atoms with E-state index in [1.165, 1.54) is 30.8 Å². The standard InChI is InChI=1S/C12H10F3NOS/c1-7(17)10-6-16-11(18-10)8-2-4-9(5-3-8)12(13,14)15/h2-5,10H,6H2,1H3. The summed E-state index contributed by atoms with van der Waals surface area (Å²) in [5.41, 5.74) is -0.0604. The van der Waals surface area contributed by atoms with Crippen LogP contribution in [0.4, 0.5) is 13.2 Å². The zero-order chi connectivity index (χ0) is 13.3. The number of Topliss-reactive ketones (excluding diaryl/α,β-unsaturated/α-hetero) is 1. The smallest absolute Gasteiger partial charge is 0.299 e. The third-order valence-electron chi connectivity index (χ3n) is 2.57. The van der Waals surface area contributed by atoms with Gasteiger partial charge in [-0.1, -0.05) is 23.9 Å². The second-order valence-electron chi connectivity index (χ2n) is 3.94. The van der Waals surface area contributed by atoms with E-state index >= 15 is 0 Å². The Labute approximate surface area is 106 Å². The highest BCUT2D eigenvalue weighted by Crippen LogP contribution is 2.31. The number of carbonyl (C=O) groups is 1. The van der Waals surface area contributed by atoms with Crippen LogP contribution in [0.25, 0.3) is 0 Å². The molecule has 0 fully saturated rings. The van der Waals surface area contributed by atoms with Crippen LogP contribution >= 0.6 is 11.8 Å². The van der Waals surface area contributed by atoms with Gasteiger partial charge in [-0.25, -0.2) is 0 Å². The summed E-state index contributed by atoms with van der Waals surface area (Å²) in [7, 11) is 0. The van der Waals surface area contributed by atoms with Crippen LogP contribution in [0.3, 0.4) is 0 Å². The molecule has 1 aliphatic rings. The second kappa shape index (κ2) is 4.76. The first-order chi connectivity index (χ1) is 8.38. The average Bonchev–Trinajstić information content (AvgIpc) is 2.77. The lowest BCUT2D eigenvalue weighted by molar-refractivity contribution is -0.137. The van der Waals surface area contributed by atoms with Gasteiger partial charge in [0.2, 0.25) is 0 Å². The maximum atomic E-state index is 12.4. The summed E-state index contributed by atoms with van der Waals surface area (Å²) in [4.78, 5) is 15.3. The van der Waals surface area contributed by atoms with Gasteiger partial charge in [-0.2, -0.15) is 13.2 Å². The lowest BCUT2D eigenvalue weighted by Crippen LogP contribution is -2.13. The normalized spacial score (nSPS) is 19.8. The number of hydrogen-bond acceptors (Lipinski definition) is 3. The van der Waals surface area contributed by atoms with Crippen LogP contribution in [0.1, 0.15) is 18.1 Å². The number of benzene rings is 1. The number of hydrogen-bond donors (Lipinski definition) is 0. The van der Waals surface area contributed by atoms with Crippen molar-refractivity contribution in [1.29, 1.82) is 0 Å². The molecular weight excluding hydrogens is 263 g/mol. The van der Waals surface area contributed by atoms with E-state index in [0.717, 1.165) is 12.1 Å². The third kappa shape index (κ3) is 2.75. The summed E-state index contributed by atoms with van der Waals surface area (Å²) in [6.45, 7) is 1.89. The molecule has 0 radical (unpaired) electrons. The molecule has 0 saturated heterocycles. The number of nitrogens with zero attached hydrogens (tertiary/aromatic N) is 1. The van der Waals surface area contributed by atoms with Gasteiger partial charge in [0.05, 0.1) is 22.4 Å². The first kappa shape index (κ1) is 13.1. The fourth-order valence-corrected chi connectivity index (χ4v) is 2.55. The van der Waals surface area contributed by atoms with E-state index in [1.807, 2.05) is 0 Å². The average molecular weight is 273 g/mol. The molecule has 0 N–H and O–H groups in total. The third-order valence-corrected chi connectivity index (χ3v) is 3.92. The van der Waals surface area contributed by atoms with Gasteiger partial charge in [0.1, 0.15) is 5.78 Å². The maximum Gasteiger partial charge on any atom is 0.416 e. The van der Waals surface area contributed by atoms with Gasteiger partial charge in [0, 0.05) is 5.56 Å². The maximum absolute atomic E-state index is 12.4. The van der Waals surface area contributed by atoms with E-state index in [1.54, 1.807) is 0 Å². The van der Waals surface area contributed by atoms with Gasteiger partial charge < -0.3 is 0 Å². The highest BCUT2D eigenvalue weighted by molar-refractivity contribution is 8.15. The summed E-state index contributed by atoms with van der Waals surface area (Å²) in [6.07, 6.45) is -4.33. The molecular formula is C12H10F3NOS. The summed E-state index contributed by atoms with van der Waals surface area (Å²) in [5, 5.41) is 0.422. The number of aliphatic imine (C=N–C) groups is 1. The minimum absolute atomic E-state index is 0.0330. The molecule has 1 aromatic carbocycles. The molecule has 0 bridgehead atoms. The first-order valence-corrected chi connectivity index (χ1v) is 6.15. The Kier molecular flexibility index (Phi) is 3.47. The molecule has 0 aromatic heterocycles. The molecule has 0 aliphatic carbocycles. The molecule has 1 aromatic rings. The van der Waals surface area contributed by atoms with Crippen molar-refractivity contribution in [3.63, 3.8) is 0 Å². The van der Waals surface area contributed by atoms with Crippen LogP contribution in [0.5, 0.6) is 0 Å². The molecule has 1 atom stereocenters. The number of halogens is 3. The summed E-state index contributed by atoms with van der Waals surface area (Å²) in [5.74, 6) is 0.0330. The Bertz CT molecular complexity index is 493. The van der Waals surface area contributed by atoms with Crippen molar-refractivity contribution >= 4 is 22.6 Å². The Morgan fingerprint density at radius 1 is 1.33 bits per heavy atom. The Balaban J connectivity index is 2.15. The highest BCUT2D eigenvalue weighted by Gasteiger charge is 2.30. The van der Waals surface area contributed by atoms with E-state index in [2.05, 4.69) is 4.99 Å². The van der Waals surface area contributed by atoms with Crippen molar-refractivity contribution in [2.24, 2.45) is 4.99 Å². The number of ketones is 1. The zero-order valence-electron chi connectivity index (χ0n) is 9.49. The Morgan fingerprint density at radius 2 is 1.94 bits per heavy atom. The van der Waals surface area contributed by atoms with Gasteiger partial charge >= 0.3 is 6.18 Å². The highest BCUT2D eigenvalue weighted by atomic mass is 32.2. The largest absolute Gasteiger partial charge is 0.416 e. The van der Waals surface area contributed by atoms with E-state index in [4.69, 9.17) is 0 Å². The minimum Gasteiger partial charge on any atom is -0.299 e. The fourth-order valence-electron chi connectivity index (χ4n) is 1.55. The number of alkyl halides is 3. The van der Waals surface area contributed by atoms with Gasteiger partial charge in [-0.05, 0) is 19.1 Å². The van der Waals surface area contributed by atoms with Crippen LogP contribution < -0.4 is 0 Å². The molecule has 0 spiro atoms. The van der Waals surface area contributed by atoms with Crippen LogP contribution in [0.2, 0.25) is 0 Å². The van der Waals surface area contributed by atoms with E-state index in [-0.39, 0.29) is 11.0 Å². The summed E-state index contributed by atoms with van der Waals surface area (Å²) >= 11 is 1.30. The summed E-state index contributed by atoms with van der Waals surface area (Å²) < 4.78 is 37.2. The molecule has 1 heterocycles. The fraction of sp³-hybridized carbons (Fsp3) is 0.333. The predicted octanol–water partition coefficient (Wildman–Crippen LogP) is 3.16. The summed E-state index contributed by atoms with van der Waals surface area (Å²) in [6, 6.07) is 4.83. The van der Waals surface area contributed by atoms with Crippen molar-refractivity contribution in [3.8, 4) is 0 Å². The molecule has 0 amide bonds. The molecule has 18 heavy (non-hydrogen) atoms. The van der Waals surface area contributed by atoms with Gasteiger partial charge in [-0.15, -0.1) is 0 Å². The Hall–Kier alpha value is -1.30. The molecule has 0 saturated carbocycles. The molecule has 2 rings (SSSR count). The number of carbonyl (C=O) groups excluding carboxylic acids is 1. The molecule has 2 nitrogen and oxygen atoms in total. The van der Waals surface area contributed by atoms with Crippen LogP contribution in [0.15, 0.2) is 29.3 Å². The lowest BCUT2D eigenvalue weighted by atomic mass is 10.1. The van der Waals surface area contributed by atoms with Crippen molar-refractivity contribution in [2.45, 2.75) is 18.3 Å². The van der Waals surface area contributed by atoms with E-state index < -0.39 is 11.7 Å². The van der Waals surface area contributed by atoms with Crippen molar-refractivity contribution in [2.75, 3.05) is 6.54 Å². The lowest BCUT2D eigenvalue weighted by Gasteiger charge is -2.07. The van der Waals surface area contributed by atoms with Crippen LogP contribution in [-0.4, -0.2) is 22.6 Å². The minimum atomic E-state index is -4.33. The topological polar surface area (TPSA) is 29.4 Å².